The average Bonchev–Trinajstić information content (AvgIpc) is 2.18. The highest BCUT2D eigenvalue weighted by Gasteiger charge is 2.25. The zero-order valence-corrected chi connectivity index (χ0v) is 9.75. The zero-order chi connectivity index (χ0) is 11.5. The summed E-state index contributed by atoms with van der Waals surface area (Å²) < 4.78 is 0. The van der Waals surface area contributed by atoms with Gasteiger partial charge in [-0.1, -0.05) is 12.8 Å². The van der Waals surface area contributed by atoms with Crippen molar-refractivity contribution in [3.05, 3.63) is 11.1 Å². The lowest BCUT2D eigenvalue weighted by molar-refractivity contribution is -0.119. The highest BCUT2D eigenvalue weighted by Crippen LogP contribution is 2.19. The Balaban J connectivity index is 1.91. The molecule has 16 heavy (non-hydrogen) atoms. The monoisotopic (exact) mass is 224 g/mol. The third-order valence-corrected chi connectivity index (χ3v) is 3.59. The smallest absolute Gasteiger partial charge is 0.247 e. The molecule has 0 spiro atoms. The molecule has 1 aliphatic carbocycles. The van der Waals surface area contributed by atoms with Crippen LogP contribution in [0.25, 0.3) is 0 Å². The molecule has 1 saturated heterocycles. The molecule has 90 valence electrons. The van der Waals surface area contributed by atoms with E-state index in [1.54, 1.807) is 0 Å². The molecular formula is C12H20N2O2. The number of nitrogens with one attached hydrogen (secondary N) is 2. The number of carbonyl (C=O) groups excluding carboxylic acids is 1. The standard InChI is InChI=1S/C12H20N2O2/c1-8(9-6-13-7-9)12(16)14-10-4-2-3-5-11(10)15/h10-11,13,15H,2-7H2,1H3,(H,14,16)/t10-,11-/m1/s1. The van der Waals surface area contributed by atoms with Crippen LogP contribution in [0.2, 0.25) is 0 Å². The minimum atomic E-state index is -0.366. The van der Waals surface area contributed by atoms with Gasteiger partial charge in [0.1, 0.15) is 0 Å². The van der Waals surface area contributed by atoms with Gasteiger partial charge in [0.2, 0.25) is 5.91 Å². The van der Waals surface area contributed by atoms with E-state index in [0.717, 1.165) is 44.3 Å². The predicted octanol–water partition coefficient (Wildman–Crippen LogP) is 0.326. The predicted molar refractivity (Wildman–Crippen MR) is 62.0 cm³/mol. The Morgan fingerprint density at radius 1 is 1.38 bits per heavy atom. The van der Waals surface area contributed by atoms with Crippen LogP contribution in [0.3, 0.4) is 0 Å². The normalized spacial score (nSPS) is 29.5. The number of carbonyl (C=O) groups is 1. The van der Waals surface area contributed by atoms with E-state index in [4.69, 9.17) is 0 Å². The molecule has 3 N–H and O–H groups in total. The van der Waals surface area contributed by atoms with Crippen LogP contribution in [0.15, 0.2) is 11.1 Å². The fraction of sp³-hybridized carbons (Fsp3) is 0.750. The van der Waals surface area contributed by atoms with Crippen LogP contribution in [0.1, 0.15) is 32.6 Å². The van der Waals surface area contributed by atoms with E-state index in [9.17, 15) is 9.90 Å². The molecule has 2 atom stereocenters. The van der Waals surface area contributed by atoms with Crippen molar-refractivity contribution in [2.75, 3.05) is 13.1 Å². The highest BCUT2D eigenvalue weighted by molar-refractivity contribution is 5.94. The van der Waals surface area contributed by atoms with Gasteiger partial charge in [0, 0.05) is 18.7 Å². The van der Waals surface area contributed by atoms with Gasteiger partial charge in [0.05, 0.1) is 12.1 Å². The maximum absolute atomic E-state index is 11.9. The van der Waals surface area contributed by atoms with Crippen molar-refractivity contribution >= 4 is 5.91 Å². The van der Waals surface area contributed by atoms with Crippen LogP contribution in [0.5, 0.6) is 0 Å². The summed E-state index contributed by atoms with van der Waals surface area (Å²) in [5.74, 6) is -0.0116. The third kappa shape index (κ3) is 2.44. The van der Waals surface area contributed by atoms with Crippen molar-refractivity contribution in [2.45, 2.75) is 44.8 Å². The largest absolute Gasteiger partial charge is 0.391 e. The molecule has 0 radical (unpaired) electrons. The first-order valence-electron chi connectivity index (χ1n) is 6.07. The molecule has 1 saturated carbocycles. The summed E-state index contributed by atoms with van der Waals surface area (Å²) in [6, 6.07) is -0.0511. The summed E-state index contributed by atoms with van der Waals surface area (Å²) in [6.07, 6.45) is 3.50. The lowest BCUT2D eigenvalue weighted by Crippen LogP contribution is -2.46. The maximum Gasteiger partial charge on any atom is 0.247 e. The molecular weight excluding hydrogens is 204 g/mol. The number of aliphatic hydroxyl groups is 1. The van der Waals surface area contributed by atoms with Gasteiger partial charge in [-0.3, -0.25) is 4.79 Å². The summed E-state index contributed by atoms with van der Waals surface area (Å²) >= 11 is 0. The van der Waals surface area contributed by atoms with E-state index in [-0.39, 0.29) is 18.1 Å². The number of amides is 1. The molecule has 1 heterocycles. The Bertz CT molecular complexity index is 306. The van der Waals surface area contributed by atoms with Gasteiger partial charge in [-0.05, 0) is 25.3 Å². The Labute approximate surface area is 96.1 Å². The second-order valence-corrected chi connectivity index (χ2v) is 4.76. The number of hydrogen-bond donors (Lipinski definition) is 3. The quantitative estimate of drug-likeness (QED) is 0.592. The van der Waals surface area contributed by atoms with E-state index < -0.39 is 0 Å². The van der Waals surface area contributed by atoms with Crippen LogP contribution in [-0.2, 0) is 4.79 Å². The van der Waals surface area contributed by atoms with Gasteiger partial charge >= 0.3 is 0 Å². The fourth-order valence-corrected chi connectivity index (χ4v) is 2.23. The molecule has 1 amide bonds. The van der Waals surface area contributed by atoms with Crippen molar-refractivity contribution in [3.8, 4) is 0 Å². The van der Waals surface area contributed by atoms with Crippen LogP contribution < -0.4 is 10.6 Å². The van der Waals surface area contributed by atoms with Gasteiger partial charge < -0.3 is 15.7 Å². The Morgan fingerprint density at radius 3 is 2.62 bits per heavy atom. The SMILES string of the molecule is CC(C(=O)N[C@@H]1CCCC[C@H]1O)=C1CNC1. The molecule has 2 aliphatic rings. The number of hydrogen-bond acceptors (Lipinski definition) is 3. The number of rotatable bonds is 2. The lowest BCUT2D eigenvalue weighted by atomic mass is 9.92. The summed E-state index contributed by atoms with van der Waals surface area (Å²) in [4.78, 5) is 11.9. The summed E-state index contributed by atoms with van der Waals surface area (Å²) in [6.45, 7) is 3.51. The molecule has 4 nitrogen and oxygen atoms in total. The van der Waals surface area contributed by atoms with E-state index in [1.165, 1.54) is 5.57 Å². The van der Waals surface area contributed by atoms with Crippen molar-refractivity contribution in [1.82, 2.24) is 10.6 Å². The molecule has 0 bridgehead atoms. The molecule has 1 aliphatic heterocycles. The summed E-state index contributed by atoms with van der Waals surface area (Å²) in [7, 11) is 0. The molecule has 0 aromatic rings. The Morgan fingerprint density at radius 2 is 2.06 bits per heavy atom. The topological polar surface area (TPSA) is 61.4 Å². The van der Waals surface area contributed by atoms with Crippen molar-refractivity contribution < 1.29 is 9.90 Å². The Hall–Kier alpha value is -0.870. The second kappa shape index (κ2) is 4.97. The van der Waals surface area contributed by atoms with Gasteiger partial charge in [0.15, 0.2) is 0 Å². The minimum Gasteiger partial charge on any atom is -0.391 e. The molecule has 0 unspecified atom stereocenters. The first-order chi connectivity index (χ1) is 7.68. The first-order valence-corrected chi connectivity index (χ1v) is 6.07. The maximum atomic E-state index is 11.9. The molecule has 2 rings (SSSR count). The number of aliphatic hydroxyl groups excluding tert-OH is 1. The van der Waals surface area contributed by atoms with Crippen LogP contribution >= 0.6 is 0 Å². The average molecular weight is 224 g/mol. The van der Waals surface area contributed by atoms with Crippen molar-refractivity contribution in [3.63, 3.8) is 0 Å². The fourth-order valence-electron chi connectivity index (χ4n) is 2.23. The van der Waals surface area contributed by atoms with E-state index >= 15 is 0 Å². The minimum absolute atomic E-state index is 0.0116. The van der Waals surface area contributed by atoms with Crippen LogP contribution in [0, 0.1) is 0 Å². The molecule has 2 fully saturated rings. The Kier molecular flexibility index (Phi) is 3.61. The van der Waals surface area contributed by atoms with Crippen molar-refractivity contribution in [1.29, 1.82) is 0 Å². The highest BCUT2D eigenvalue weighted by atomic mass is 16.3. The lowest BCUT2D eigenvalue weighted by Gasteiger charge is -2.29. The van der Waals surface area contributed by atoms with E-state index in [2.05, 4.69) is 10.6 Å². The van der Waals surface area contributed by atoms with Crippen LogP contribution in [0.4, 0.5) is 0 Å². The second-order valence-electron chi connectivity index (χ2n) is 4.76. The van der Waals surface area contributed by atoms with E-state index in [0.29, 0.717) is 0 Å². The third-order valence-electron chi connectivity index (χ3n) is 3.59. The van der Waals surface area contributed by atoms with Crippen molar-refractivity contribution in [2.24, 2.45) is 0 Å². The van der Waals surface area contributed by atoms with Gasteiger partial charge in [-0.25, -0.2) is 0 Å². The zero-order valence-electron chi connectivity index (χ0n) is 9.75. The summed E-state index contributed by atoms with van der Waals surface area (Å²) in [5.41, 5.74) is 2.00. The van der Waals surface area contributed by atoms with Crippen LogP contribution in [-0.4, -0.2) is 36.2 Å². The van der Waals surface area contributed by atoms with Gasteiger partial charge in [0.25, 0.3) is 0 Å². The first kappa shape index (κ1) is 11.6. The molecule has 4 heteroatoms. The van der Waals surface area contributed by atoms with Gasteiger partial charge in [-0.15, -0.1) is 0 Å². The molecule has 0 aromatic heterocycles. The van der Waals surface area contributed by atoms with E-state index in [1.807, 2.05) is 6.92 Å². The van der Waals surface area contributed by atoms with Gasteiger partial charge in [-0.2, -0.15) is 0 Å². The summed E-state index contributed by atoms with van der Waals surface area (Å²) in [5, 5.41) is 15.8. The molecule has 0 aromatic carbocycles.